The summed E-state index contributed by atoms with van der Waals surface area (Å²) >= 11 is 9.29. The van der Waals surface area contributed by atoms with E-state index in [1.54, 1.807) is 6.07 Å². The Bertz CT molecular complexity index is 658. The maximum absolute atomic E-state index is 13.7. The number of alkyl halides is 1. The lowest BCUT2D eigenvalue weighted by Gasteiger charge is -2.30. The third-order valence-electron chi connectivity index (χ3n) is 4.15. The lowest BCUT2D eigenvalue weighted by atomic mass is 9.98. The SMILES string of the molecule is CN1CCCC(Cn2c(CCl)nc3cc(F)c(Br)cc32)C1. The first-order chi connectivity index (χ1) is 10.1. The van der Waals surface area contributed by atoms with E-state index in [0.29, 0.717) is 21.8 Å². The van der Waals surface area contributed by atoms with Gasteiger partial charge in [-0.15, -0.1) is 11.6 Å². The van der Waals surface area contributed by atoms with Crippen molar-refractivity contribution in [3.05, 3.63) is 28.2 Å². The molecule has 1 saturated heterocycles. The molecule has 114 valence electrons. The Morgan fingerprint density at radius 3 is 3.00 bits per heavy atom. The van der Waals surface area contributed by atoms with Crippen LogP contribution in [-0.2, 0) is 12.4 Å². The first-order valence-corrected chi connectivity index (χ1v) is 8.50. The summed E-state index contributed by atoms with van der Waals surface area (Å²) < 4.78 is 16.3. The van der Waals surface area contributed by atoms with Crippen molar-refractivity contribution in [2.75, 3.05) is 20.1 Å². The average molecular weight is 375 g/mol. The van der Waals surface area contributed by atoms with Crippen LogP contribution in [0.15, 0.2) is 16.6 Å². The number of likely N-dealkylation sites (tertiary alicyclic amines) is 1. The predicted octanol–water partition coefficient (Wildman–Crippen LogP) is 4.02. The van der Waals surface area contributed by atoms with Gasteiger partial charge in [0.25, 0.3) is 0 Å². The minimum absolute atomic E-state index is 0.286. The number of halogens is 3. The highest BCUT2D eigenvalue weighted by molar-refractivity contribution is 9.10. The number of hydrogen-bond donors (Lipinski definition) is 0. The van der Waals surface area contributed by atoms with Gasteiger partial charge >= 0.3 is 0 Å². The summed E-state index contributed by atoms with van der Waals surface area (Å²) in [6, 6.07) is 3.28. The molecule has 0 saturated carbocycles. The largest absolute Gasteiger partial charge is 0.327 e. The molecule has 0 amide bonds. The van der Waals surface area contributed by atoms with Crippen molar-refractivity contribution in [2.24, 2.45) is 5.92 Å². The Morgan fingerprint density at radius 1 is 1.48 bits per heavy atom. The van der Waals surface area contributed by atoms with Gasteiger partial charge < -0.3 is 9.47 Å². The van der Waals surface area contributed by atoms with E-state index in [4.69, 9.17) is 11.6 Å². The molecule has 0 spiro atoms. The highest BCUT2D eigenvalue weighted by Gasteiger charge is 2.21. The van der Waals surface area contributed by atoms with E-state index in [1.165, 1.54) is 25.5 Å². The second-order valence-electron chi connectivity index (χ2n) is 5.80. The number of hydrogen-bond acceptors (Lipinski definition) is 2. The molecule has 0 radical (unpaired) electrons. The van der Waals surface area contributed by atoms with Crippen LogP contribution in [0.25, 0.3) is 11.0 Å². The summed E-state index contributed by atoms with van der Waals surface area (Å²) in [7, 11) is 2.16. The summed E-state index contributed by atoms with van der Waals surface area (Å²) in [5, 5.41) is 0. The molecule has 1 aliphatic rings. The molecule has 2 heterocycles. The first kappa shape index (κ1) is 15.3. The molecule has 0 bridgehead atoms. The van der Waals surface area contributed by atoms with Crippen LogP contribution in [0.5, 0.6) is 0 Å². The summed E-state index contributed by atoms with van der Waals surface area (Å²) in [6.45, 7) is 3.14. The van der Waals surface area contributed by atoms with Gasteiger partial charge in [-0.05, 0) is 54.3 Å². The fourth-order valence-corrected chi connectivity index (χ4v) is 3.69. The summed E-state index contributed by atoms with van der Waals surface area (Å²) in [5.41, 5.74) is 1.63. The topological polar surface area (TPSA) is 21.1 Å². The average Bonchev–Trinajstić information content (AvgIpc) is 2.77. The predicted molar refractivity (Wildman–Crippen MR) is 87.2 cm³/mol. The van der Waals surface area contributed by atoms with Gasteiger partial charge in [0, 0.05) is 19.2 Å². The molecule has 1 fully saturated rings. The van der Waals surface area contributed by atoms with Crippen LogP contribution in [-0.4, -0.2) is 34.6 Å². The van der Waals surface area contributed by atoms with Crippen LogP contribution in [0.4, 0.5) is 4.39 Å². The smallest absolute Gasteiger partial charge is 0.139 e. The first-order valence-electron chi connectivity index (χ1n) is 7.17. The second-order valence-corrected chi connectivity index (χ2v) is 6.92. The van der Waals surface area contributed by atoms with Crippen LogP contribution in [0.1, 0.15) is 18.7 Å². The van der Waals surface area contributed by atoms with Gasteiger partial charge in [0.15, 0.2) is 0 Å². The zero-order valence-electron chi connectivity index (χ0n) is 12.0. The number of rotatable bonds is 3. The minimum atomic E-state index is -0.286. The zero-order chi connectivity index (χ0) is 15.0. The Labute approximate surface area is 137 Å². The molecule has 0 aliphatic carbocycles. The Morgan fingerprint density at radius 2 is 2.29 bits per heavy atom. The third-order valence-corrected chi connectivity index (χ3v) is 5.00. The molecule has 0 N–H and O–H groups in total. The number of imidazole rings is 1. The third kappa shape index (κ3) is 3.10. The molecule has 1 aromatic carbocycles. The Kier molecular flexibility index (Phi) is 4.52. The van der Waals surface area contributed by atoms with Crippen molar-refractivity contribution in [3.63, 3.8) is 0 Å². The van der Waals surface area contributed by atoms with Crippen molar-refractivity contribution in [1.29, 1.82) is 0 Å². The molecule has 3 rings (SSSR count). The quantitative estimate of drug-likeness (QED) is 0.757. The highest BCUT2D eigenvalue weighted by atomic mass is 79.9. The zero-order valence-corrected chi connectivity index (χ0v) is 14.3. The van der Waals surface area contributed by atoms with Gasteiger partial charge in [-0.2, -0.15) is 0 Å². The molecule has 6 heteroatoms. The Balaban J connectivity index is 1.97. The monoisotopic (exact) mass is 373 g/mol. The van der Waals surface area contributed by atoms with Crippen LogP contribution in [0.3, 0.4) is 0 Å². The molecular weight excluding hydrogens is 357 g/mol. The fraction of sp³-hybridized carbons (Fsp3) is 0.533. The number of aromatic nitrogens is 2. The maximum Gasteiger partial charge on any atom is 0.139 e. The lowest BCUT2D eigenvalue weighted by molar-refractivity contribution is 0.195. The number of benzene rings is 1. The van der Waals surface area contributed by atoms with Gasteiger partial charge in [-0.25, -0.2) is 9.37 Å². The van der Waals surface area contributed by atoms with E-state index < -0.39 is 0 Å². The minimum Gasteiger partial charge on any atom is -0.327 e. The summed E-state index contributed by atoms with van der Waals surface area (Å²) in [6.07, 6.45) is 2.44. The summed E-state index contributed by atoms with van der Waals surface area (Å²) in [4.78, 5) is 6.84. The van der Waals surface area contributed by atoms with Crippen molar-refractivity contribution < 1.29 is 4.39 Å². The molecular formula is C15H18BrClFN3. The van der Waals surface area contributed by atoms with Gasteiger partial charge in [-0.1, -0.05) is 0 Å². The number of piperidine rings is 1. The summed E-state index contributed by atoms with van der Waals surface area (Å²) in [5.74, 6) is 1.46. The molecule has 3 nitrogen and oxygen atoms in total. The van der Waals surface area contributed by atoms with E-state index in [1.807, 2.05) is 0 Å². The van der Waals surface area contributed by atoms with E-state index in [9.17, 15) is 4.39 Å². The number of fused-ring (bicyclic) bond motifs is 1. The van der Waals surface area contributed by atoms with Crippen molar-refractivity contribution in [3.8, 4) is 0 Å². The standard InChI is InChI=1S/C15H18BrClFN3/c1-20-4-2-3-10(8-20)9-21-14-5-11(16)12(18)6-13(14)19-15(21)7-17/h5-6,10H,2-4,7-9H2,1H3. The van der Waals surface area contributed by atoms with Crippen molar-refractivity contribution in [1.82, 2.24) is 14.5 Å². The van der Waals surface area contributed by atoms with Crippen LogP contribution in [0, 0.1) is 11.7 Å². The molecule has 1 aliphatic heterocycles. The molecule has 1 atom stereocenters. The van der Waals surface area contributed by atoms with Gasteiger partial charge in [0.05, 0.1) is 21.4 Å². The van der Waals surface area contributed by atoms with Crippen LogP contribution >= 0.6 is 27.5 Å². The number of nitrogens with zero attached hydrogens (tertiary/aromatic N) is 3. The van der Waals surface area contributed by atoms with Gasteiger partial charge in [0.2, 0.25) is 0 Å². The molecule has 1 unspecified atom stereocenters. The van der Waals surface area contributed by atoms with E-state index in [0.717, 1.165) is 24.4 Å². The van der Waals surface area contributed by atoms with E-state index >= 15 is 0 Å². The normalized spacial score (nSPS) is 20.3. The Hall–Kier alpha value is -0.650. The van der Waals surface area contributed by atoms with Crippen molar-refractivity contribution in [2.45, 2.75) is 25.3 Å². The van der Waals surface area contributed by atoms with Crippen LogP contribution < -0.4 is 0 Å². The fourth-order valence-electron chi connectivity index (χ4n) is 3.16. The van der Waals surface area contributed by atoms with Gasteiger partial charge in [-0.3, -0.25) is 0 Å². The highest BCUT2D eigenvalue weighted by Crippen LogP contribution is 2.27. The second kappa shape index (κ2) is 6.23. The lowest BCUT2D eigenvalue weighted by Crippen LogP contribution is -2.34. The molecule has 2 aromatic rings. The van der Waals surface area contributed by atoms with Gasteiger partial charge in [0.1, 0.15) is 11.6 Å². The molecule has 21 heavy (non-hydrogen) atoms. The maximum atomic E-state index is 13.7. The van der Waals surface area contributed by atoms with E-state index in [2.05, 4.69) is 37.4 Å². The van der Waals surface area contributed by atoms with E-state index in [-0.39, 0.29) is 5.82 Å². The van der Waals surface area contributed by atoms with Crippen molar-refractivity contribution >= 4 is 38.6 Å². The molecule has 1 aromatic heterocycles. The van der Waals surface area contributed by atoms with Crippen LogP contribution in [0.2, 0.25) is 0 Å².